The number of nitriles is 1. The number of rotatable bonds is 5. The molecule has 1 unspecified atom stereocenters. The molecule has 2 rings (SSSR count). The van der Waals surface area contributed by atoms with E-state index in [1.54, 1.807) is 11.0 Å². The third kappa shape index (κ3) is 3.68. The Balaban J connectivity index is 2.46. The second-order valence-electron chi connectivity index (χ2n) is 6.89. The Bertz CT molecular complexity index is 752. The van der Waals surface area contributed by atoms with E-state index in [-0.39, 0.29) is 11.6 Å². The lowest BCUT2D eigenvalue weighted by atomic mass is 10.00. The molecule has 0 amide bonds. The van der Waals surface area contributed by atoms with E-state index >= 15 is 0 Å². The Hall–Kier alpha value is -2.14. The highest BCUT2D eigenvalue weighted by Crippen LogP contribution is 2.38. The lowest BCUT2D eigenvalue weighted by molar-refractivity contribution is -0.137. The van der Waals surface area contributed by atoms with Gasteiger partial charge in [-0.25, -0.2) is 0 Å². The molecule has 0 spiro atoms. The normalized spacial score (nSPS) is 18.0. The molecule has 1 aromatic carbocycles. The zero-order chi connectivity index (χ0) is 19.7. The summed E-state index contributed by atoms with van der Waals surface area (Å²) in [4.78, 5) is 3.69. The maximum atomic E-state index is 13.3. The summed E-state index contributed by atoms with van der Waals surface area (Å²) >= 11 is 5.58. The summed E-state index contributed by atoms with van der Waals surface area (Å²) in [5.41, 5.74) is -1.42. The number of hydrogen-bond acceptors (Lipinski definition) is 3. The average Bonchev–Trinajstić information content (AvgIpc) is 2.81. The monoisotopic (exact) mass is 382 g/mol. The van der Waals surface area contributed by atoms with E-state index in [4.69, 9.17) is 22.9 Å². The van der Waals surface area contributed by atoms with Gasteiger partial charge in [-0.2, -0.15) is 18.4 Å². The number of halogens is 3. The first kappa shape index (κ1) is 20.2. The van der Waals surface area contributed by atoms with E-state index in [0.717, 1.165) is 12.5 Å². The van der Waals surface area contributed by atoms with Gasteiger partial charge in [-0.05, 0) is 56.9 Å². The van der Waals surface area contributed by atoms with Gasteiger partial charge in [-0.1, -0.05) is 6.92 Å². The Morgan fingerprint density at radius 2 is 2.08 bits per heavy atom. The topological polar surface area (TPSA) is 54.1 Å². The molecule has 0 radical (unpaired) electrons. The summed E-state index contributed by atoms with van der Waals surface area (Å²) in [6, 6.07) is 5.28. The zero-order valence-electron chi connectivity index (χ0n) is 14.9. The summed E-state index contributed by atoms with van der Waals surface area (Å²) in [6.07, 6.45) is -1.98. The van der Waals surface area contributed by atoms with Crippen molar-refractivity contribution in [3.05, 3.63) is 29.3 Å². The smallest absolute Gasteiger partial charge is 0.339 e. The molecule has 1 fully saturated rings. The number of anilines is 1. The van der Waals surface area contributed by atoms with Crippen LogP contribution in [0, 0.1) is 16.7 Å². The predicted molar refractivity (Wildman–Crippen MR) is 99.5 cm³/mol. The van der Waals surface area contributed by atoms with Crippen molar-refractivity contribution in [2.24, 2.45) is 0 Å². The van der Waals surface area contributed by atoms with Crippen molar-refractivity contribution in [3.63, 3.8) is 0 Å². The molecule has 8 heteroatoms. The molecule has 140 valence electrons. The molecule has 1 heterocycles. The van der Waals surface area contributed by atoms with Crippen molar-refractivity contribution in [2.75, 3.05) is 11.4 Å². The summed E-state index contributed by atoms with van der Waals surface area (Å²) in [5.74, 6) is 0. The van der Waals surface area contributed by atoms with E-state index in [2.05, 4.69) is 0 Å². The molecule has 1 atom stereocenters. The Labute approximate surface area is 156 Å². The Morgan fingerprint density at radius 3 is 2.58 bits per heavy atom. The van der Waals surface area contributed by atoms with Crippen LogP contribution in [0.5, 0.6) is 0 Å². The van der Waals surface area contributed by atoms with Gasteiger partial charge in [0.25, 0.3) is 0 Å². The van der Waals surface area contributed by atoms with Crippen LogP contribution in [0.3, 0.4) is 0 Å². The maximum Gasteiger partial charge on any atom is 0.417 e. The number of benzene rings is 1. The van der Waals surface area contributed by atoms with Crippen LogP contribution in [0.15, 0.2) is 18.2 Å². The Morgan fingerprint density at radius 1 is 1.42 bits per heavy atom. The van der Waals surface area contributed by atoms with Gasteiger partial charge in [0.1, 0.15) is 0 Å². The van der Waals surface area contributed by atoms with Gasteiger partial charge >= 0.3 is 6.18 Å². The van der Waals surface area contributed by atoms with Crippen LogP contribution in [-0.4, -0.2) is 34.4 Å². The van der Waals surface area contributed by atoms with Crippen LogP contribution in [0.25, 0.3) is 0 Å². The van der Waals surface area contributed by atoms with E-state index < -0.39 is 17.3 Å². The third-order valence-electron chi connectivity index (χ3n) is 4.60. The highest BCUT2D eigenvalue weighted by molar-refractivity contribution is 7.80. The molecule has 4 nitrogen and oxygen atoms in total. The molecule has 1 aliphatic heterocycles. The minimum atomic E-state index is -4.61. The SMILES string of the molecule is CCC(CC=N)N1C(=S)N(c2ccc(C#N)c(C(F)(F)F)c2)CC1(C)C. The average molecular weight is 382 g/mol. The van der Waals surface area contributed by atoms with Gasteiger partial charge in [0.15, 0.2) is 5.11 Å². The molecule has 1 N–H and O–H groups in total. The fourth-order valence-electron chi connectivity index (χ4n) is 3.39. The minimum Gasteiger partial charge on any atom is -0.339 e. The van der Waals surface area contributed by atoms with Crippen LogP contribution in [0.2, 0.25) is 0 Å². The summed E-state index contributed by atoms with van der Waals surface area (Å²) < 4.78 is 39.8. The molecule has 0 aromatic heterocycles. The lowest BCUT2D eigenvalue weighted by Crippen LogP contribution is -2.48. The number of hydrogen-bond donors (Lipinski definition) is 1. The lowest BCUT2D eigenvalue weighted by Gasteiger charge is -2.37. The molecular formula is C18H21F3N4S. The van der Waals surface area contributed by atoms with Gasteiger partial charge in [-0.3, -0.25) is 0 Å². The first-order valence-electron chi connectivity index (χ1n) is 8.28. The Kier molecular flexibility index (Phi) is 5.61. The van der Waals surface area contributed by atoms with E-state index in [1.165, 1.54) is 18.3 Å². The number of alkyl halides is 3. The van der Waals surface area contributed by atoms with E-state index in [9.17, 15) is 13.2 Å². The molecule has 1 aromatic rings. The zero-order valence-corrected chi connectivity index (χ0v) is 15.7. The molecule has 1 saturated heterocycles. The first-order chi connectivity index (χ1) is 12.1. The molecule has 1 aliphatic rings. The quantitative estimate of drug-likeness (QED) is 0.598. The van der Waals surface area contributed by atoms with Crippen molar-refractivity contribution in [3.8, 4) is 6.07 Å². The molecule has 0 bridgehead atoms. The second kappa shape index (κ2) is 7.23. The number of thiocarbonyl (C=S) groups is 1. The summed E-state index contributed by atoms with van der Waals surface area (Å²) in [6.45, 7) is 6.41. The van der Waals surface area contributed by atoms with Crippen LogP contribution < -0.4 is 4.90 Å². The van der Waals surface area contributed by atoms with Gasteiger partial charge in [-0.15, -0.1) is 0 Å². The molecule has 0 aliphatic carbocycles. The molecular weight excluding hydrogens is 361 g/mol. The summed E-state index contributed by atoms with van der Waals surface area (Å²) in [7, 11) is 0. The van der Waals surface area contributed by atoms with Crippen LogP contribution in [0.1, 0.15) is 44.7 Å². The second-order valence-corrected chi connectivity index (χ2v) is 7.26. The van der Waals surface area contributed by atoms with Crippen LogP contribution in [0.4, 0.5) is 18.9 Å². The third-order valence-corrected chi connectivity index (χ3v) is 5.02. The van der Waals surface area contributed by atoms with Crippen molar-refractivity contribution in [2.45, 2.75) is 51.4 Å². The number of nitrogens with one attached hydrogen (secondary N) is 1. The fourth-order valence-corrected chi connectivity index (χ4v) is 3.96. The van der Waals surface area contributed by atoms with Gasteiger partial charge in [0.2, 0.25) is 0 Å². The van der Waals surface area contributed by atoms with Crippen molar-refractivity contribution >= 4 is 29.2 Å². The maximum absolute atomic E-state index is 13.3. The highest BCUT2D eigenvalue weighted by Gasteiger charge is 2.44. The summed E-state index contributed by atoms with van der Waals surface area (Å²) in [5, 5.41) is 16.8. The van der Waals surface area contributed by atoms with Crippen molar-refractivity contribution in [1.82, 2.24) is 4.90 Å². The van der Waals surface area contributed by atoms with Crippen LogP contribution >= 0.6 is 12.2 Å². The molecule has 0 saturated carbocycles. The van der Waals surface area contributed by atoms with Crippen LogP contribution in [-0.2, 0) is 6.18 Å². The van der Waals surface area contributed by atoms with Crippen molar-refractivity contribution < 1.29 is 13.2 Å². The van der Waals surface area contributed by atoms with E-state index in [0.29, 0.717) is 23.8 Å². The van der Waals surface area contributed by atoms with E-state index in [1.807, 2.05) is 25.7 Å². The van der Waals surface area contributed by atoms with Gasteiger partial charge in [0, 0.05) is 24.7 Å². The van der Waals surface area contributed by atoms with Gasteiger partial charge < -0.3 is 15.2 Å². The van der Waals surface area contributed by atoms with Crippen molar-refractivity contribution in [1.29, 1.82) is 10.7 Å². The first-order valence-corrected chi connectivity index (χ1v) is 8.68. The fraction of sp³-hybridized carbons (Fsp3) is 0.500. The molecule has 26 heavy (non-hydrogen) atoms. The highest BCUT2D eigenvalue weighted by atomic mass is 32.1. The number of nitrogens with zero attached hydrogens (tertiary/aromatic N) is 3. The largest absolute Gasteiger partial charge is 0.417 e. The predicted octanol–water partition coefficient (Wildman–Crippen LogP) is 4.58. The van der Waals surface area contributed by atoms with Gasteiger partial charge in [0.05, 0.1) is 22.7 Å². The standard InChI is InChI=1S/C18H21F3N4S/c1-4-13(7-8-22)25-16(26)24(11-17(25,2)3)14-6-5-12(10-23)15(9-14)18(19,20)21/h5-6,8-9,13,22H,4,7,11H2,1-3H3. The minimum absolute atomic E-state index is 0.0143.